The van der Waals surface area contributed by atoms with Crippen molar-refractivity contribution in [1.29, 1.82) is 0 Å². The highest BCUT2D eigenvalue weighted by Gasteiger charge is 2.17. The fraction of sp³-hybridized carbons (Fsp3) is 0.818. The predicted octanol–water partition coefficient (Wildman–Crippen LogP) is 0.782. The van der Waals surface area contributed by atoms with Gasteiger partial charge in [-0.15, -0.1) is 0 Å². The molecule has 16 heavy (non-hydrogen) atoms. The summed E-state index contributed by atoms with van der Waals surface area (Å²) < 4.78 is 5.36. The fourth-order valence-corrected chi connectivity index (χ4v) is 1.79. The van der Waals surface area contributed by atoms with Crippen molar-refractivity contribution in [2.24, 2.45) is 5.92 Å². The number of carboxylic acids is 1. The van der Waals surface area contributed by atoms with Gasteiger partial charge in [0.1, 0.15) is 0 Å². The van der Waals surface area contributed by atoms with Crippen molar-refractivity contribution in [3.63, 3.8) is 0 Å². The van der Waals surface area contributed by atoms with E-state index in [1.54, 1.807) is 6.92 Å². The number of carboxylic acid groups (broad SMARTS) is 1. The average molecular weight is 229 g/mol. The Morgan fingerprint density at radius 3 is 2.81 bits per heavy atom. The second-order valence-corrected chi connectivity index (χ2v) is 4.35. The number of carbonyl (C=O) groups is 2. The van der Waals surface area contributed by atoms with Crippen molar-refractivity contribution in [2.75, 3.05) is 13.2 Å². The van der Waals surface area contributed by atoms with Gasteiger partial charge in [0.05, 0.1) is 6.10 Å². The van der Waals surface area contributed by atoms with Crippen LogP contribution in [0.15, 0.2) is 0 Å². The summed E-state index contributed by atoms with van der Waals surface area (Å²) in [6, 6.07) is 0. The van der Waals surface area contributed by atoms with Gasteiger partial charge in [-0.2, -0.15) is 0 Å². The van der Waals surface area contributed by atoms with Gasteiger partial charge in [0.2, 0.25) is 5.91 Å². The molecule has 1 aliphatic rings. The van der Waals surface area contributed by atoms with Crippen molar-refractivity contribution in [2.45, 2.75) is 38.7 Å². The molecule has 1 aliphatic heterocycles. The minimum Gasteiger partial charge on any atom is -0.481 e. The molecule has 1 amide bonds. The van der Waals surface area contributed by atoms with Crippen LogP contribution in [0.25, 0.3) is 0 Å². The van der Waals surface area contributed by atoms with Gasteiger partial charge in [0, 0.05) is 26.0 Å². The molecule has 1 fully saturated rings. The summed E-state index contributed by atoms with van der Waals surface area (Å²) in [5, 5.41) is 11.3. The smallest absolute Gasteiger partial charge is 0.303 e. The summed E-state index contributed by atoms with van der Waals surface area (Å²) >= 11 is 0. The molecule has 0 aromatic rings. The Morgan fingerprint density at radius 2 is 2.25 bits per heavy atom. The van der Waals surface area contributed by atoms with E-state index in [0.717, 1.165) is 19.4 Å². The van der Waals surface area contributed by atoms with Crippen LogP contribution in [-0.4, -0.2) is 36.2 Å². The van der Waals surface area contributed by atoms with Crippen LogP contribution in [0.2, 0.25) is 0 Å². The van der Waals surface area contributed by atoms with Crippen LogP contribution in [0.4, 0.5) is 0 Å². The van der Waals surface area contributed by atoms with Crippen molar-refractivity contribution >= 4 is 11.9 Å². The number of rotatable bonds is 6. The molecule has 1 rings (SSSR count). The molecule has 0 aliphatic carbocycles. The molecule has 5 nitrogen and oxygen atoms in total. The second kappa shape index (κ2) is 6.48. The van der Waals surface area contributed by atoms with Gasteiger partial charge < -0.3 is 15.2 Å². The highest BCUT2D eigenvalue weighted by molar-refractivity contribution is 5.77. The lowest BCUT2D eigenvalue weighted by molar-refractivity contribution is -0.138. The quantitative estimate of drug-likeness (QED) is 0.705. The van der Waals surface area contributed by atoms with Gasteiger partial charge in [-0.05, 0) is 18.8 Å². The van der Waals surface area contributed by atoms with Crippen LogP contribution >= 0.6 is 0 Å². The van der Waals surface area contributed by atoms with E-state index in [1.807, 2.05) is 0 Å². The molecular formula is C11H19NO4. The highest BCUT2D eigenvalue weighted by atomic mass is 16.5. The monoisotopic (exact) mass is 229 g/mol. The Kier molecular flexibility index (Phi) is 5.25. The normalized spacial score (nSPS) is 21.7. The maximum atomic E-state index is 11.4. The van der Waals surface area contributed by atoms with E-state index in [-0.39, 0.29) is 30.8 Å². The average Bonchev–Trinajstić information content (AvgIpc) is 2.65. The summed E-state index contributed by atoms with van der Waals surface area (Å²) in [5.41, 5.74) is 0. The largest absolute Gasteiger partial charge is 0.481 e. The third-order valence-electron chi connectivity index (χ3n) is 2.61. The third-order valence-corrected chi connectivity index (χ3v) is 2.61. The maximum absolute atomic E-state index is 11.4. The molecule has 92 valence electrons. The number of nitrogens with one attached hydrogen (secondary N) is 1. The lowest BCUT2D eigenvalue weighted by atomic mass is 10.0. The molecule has 2 N–H and O–H groups in total. The van der Waals surface area contributed by atoms with Gasteiger partial charge in [-0.1, -0.05) is 6.92 Å². The number of carbonyl (C=O) groups excluding carboxylic acids is 1. The summed E-state index contributed by atoms with van der Waals surface area (Å²) in [4.78, 5) is 21.8. The van der Waals surface area contributed by atoms with Gasteiger partial charge in [-0.3, -0.25) is 9.59 Å². The van der Waals surface area contributed by atoms with E-state index >= 15 is 0 Å². The minimum absolute atomic E-state index is 0.0351. The Labute approximate surface area is 95.2 Å². The third kappa shape index (κ3) is 5.11. The lowest BCUT2D eigenvalue weighted by Crippen LogP contribution is -2.32. The molecule has 1 heterocycles. The standard InChI is InChI=1S/C11H19NO4/c1-8(6-11(14)15)5-10(13)12-7-9-3-2-4-16-9/h8-9H,2-7H2,1H3,(H,12,13)(H,14,15). The molecule has 2 unspecified atom stereocenters. The maximum Gasteiger partial charge on any atom is 0.303 e. The molecule has 0 radical (unpaired) electrons. The van der Waals surface area contributed by atoms with E-state index in [1.165, 1.54) is 0 Å². The first-order valence-electron chi connectivity index (χ1n) is 5.68. The van der Waals surface area contributed by atoms with Gasteiger partial charge in [0.15, 0.2) is 0 Å². The van der Waals surface area contributed by atoms with Gasteiger partial charge in [-0.25, -0.2) is 0 Å². The van der Waals surface area contributed by atoms with Crippen LogP contribution in [0, 0.1) is 5.92 Å². The number of aliphatic carboxylic acids is 1. The van der Waals surface area contributed by atoms with E-state index in [4.69, 9.17) is 9.84 Å². The fourth-order valence-electron chi connectivity index (χ4n) is 1.79. The zero-order chi connectivity index (χ0) is 12.0. The number of hydrogen-bond acceptors (Lipinski definition) is 3. The first-order valence-corrected chi connectivity index (χ1v) is 5.68. The second-order valence-electron chi connectivity index (χ2n) is 4.35. The van der Waals surface area contributed by atoms with Gasteiger partial charge >= 0.3 is 5.97 Å². The van der Waals surface area contributed by atoms with E-state index < -0.39 is 5.97 Å². The number of ether oxygens (including phenoxy) is 1. The Morgan fingerprint density at radius 1 is 1.50 bits per heavy atom. The summed E-state index contributed by atoms with van der Waals surface area (Å²) in [6.45, 7) is 3.08. The molecule has 1 saturated heterocycles. The van der Waals surface area contributed by atoms with Crippen LogP contribution < -0.4 is 5.32 Å². The van der Waals surface area contributed by atoms with Crippen LogP contribution in [-0.2, 0) is 14.3 Å². The molecule has 5 heteroatoms. The van der Waals surface area contributed by atoms with Crippen molar-refractivity contribution in [1.82, 2.24) is 5.32 Å². The molecule has 0 saturated carbocycles. The number of hydrogen-bond donors (Lipinski definition) is 2. The molecule has 0 aromatic heterocycles. The predicted molar refractivity (Wildman–Crippen MR) is 58.0 cm³/mol. The molecule has 0 aromatic carbocycles. The zero-order valence-electron chi connectivity index (χ0n) is 9.57. The zero-order valence-corrected chi connectivity index (χ0v) is 9.57. The van der Waals surface area contributed by atoms with Crippen LogP contribution in [0.5, 0.6) is 0 Å². The van der Waals surface area contributed by atoms with Crippen molar-refractivity contribution in [3.05, 3.63) is 0 Å². The van der Waals surface area contributed by atoms with Crippen molar-refractivity contribution in [3.8, 4) is 0 Å². The lowest BCUT2D eigenvalue weighted by Gasteiger charge is -2.12. The Balaban J connectivity index is 2.12. The first-order chi connectivity index (χ1) is 7.58. The summed E-state index contributed by atoms with van der Waals surface area (Å²) in [6.07, 6.45) is 2.48. The Hall–Kier alpha value is -1.10. The Bertz CT molecular complexity index is 248. The van der Waals surface area contributed by atoms with Crippen LogP contribution in [0.1, 0.15) is 32.6 Å². The minimum atomic E-state index is -0.862. The van der Waals surface area contributed by atoms with Crippen molar-refractivity contribution < 1.29 is 19.4 Å². The highest BCUT2D eigenvalue weighted by Crippen LogP contribution is 2.11. The van der Waals surface area contributed by atoms with E-state index in [0.29, 0.717) is 6.54 Å². The summed E-state index contributed by atoms with van der Waals surface area (Å²) in [5.74, 6) is -1.08. The van der Waals surface area contributed by atoms with Crippen LogP contribution in [0.3, 0.4) is 0 Å². The first kappa shape index (κ1) is 13.0. The number of amides is 1. The molecule has 0 bridgehead atoms. The van der Waals surface area contributed by atoms with E-state index in [2.05, 4.69) is 5.32 Å². The molecule has 0 spiro atoms. The molecule has 2 atom stereocenters. The SMILES string of the molecule is CC(CC(=O)O)CC(=O)NCC1CCCO1. The topological polar surface area (TPSA) is 75.6 Å². The van der Waals surface area contributed by atoms with E-state index in [9.17, 15) is 9.59 Å². The molecular weight excluding hydrogens is 210 g/mol. The summed E-state index contributed by atoms with van der Waals surface area (Å²) in [7, 11) is 0. The van der Waals surface area contributed by atoms with Gasteiger partial charge in [0.25, 0.3) is 0 Å².